The van der Waals surface area contributed by atoms with E-state index in [1.54, 1.807) is 0 Å². The van der Waals surface area contributed by atoms with Crippen molar-refractivity contribution >= 4 is 17.5 Å². The predicted molar refractivity (Wildman–Crippen MR) is 38.6 cm³/mol. The molecule has 1 N–H and O–H groups in total. The molecule has 0 aliphatic rings. The third-order valence-electron chi connectivity index (χ3n) is 0.977. The first-order valence-electron chi connectivity index (χ1n) is 3.02. The van der Waals surface area contributed by atoms with Crippen molar-refractivity contribution in [2.75, 3.05) is 0 Å². The lowest BCUT2D eigenvalue weighted by Gasteiger charge is -1.94. The third kappa shape index (κ3) is 4.02. The van der Waals surface area contributed by atoms with Gasteiger partial charge in [-0.05, 0) is 6.20 Å². The highest BCUT2D eigenvalue weighted by Gasteiger charge is 2.11. The van der Waals surface area contributed by atoms with E-state index in [0.29, 0.717) is 0 Å². The van der Waals surface area contributed by atoms with Crippen LogP contribution in [0.5, 0.6) is 0 Å². The summed E-state index contributed by atoms with van der Waals surface area (Å²) in [6.45, 7) is 4.35. The Balaban J connectivity index is 3.85. The molecule has 0 spiro atoms. The molecule has 0 saturated carbocycles. The minimum Gasteiger partial charge on any atom is -0.333 e. The second-order valence-electron chi connectivity index (χ2n) is 1.93. The van der Waals surface area contributed by atoms with Crippen molar-refractivity contribution in [3.63, 3.8) is 0 Å². The fraction of sp³-hybridized carbons (Fsp3) is 0.286. The Hall–Kier alpha value is -1.45. The molecule has 0 bridgehead atoms. The minimum atomic E-state index is -0.690. The highest BCUT2D eigenvalue weighted by Crippen LogP contribution is 1.84. The molecule has 11 heavy (non-hydrogen) atoms. The number of hydrogen-bond acceptors (Lipinski definition) is 3. The van der Waals surface area contributed by atoms with Crippen LogP contribution in [0.25, 0.3) is 0 Å². The molecule has 60 valence electrons. The van der Waals surface area contributed by atoms with Gasteiger partial charge >= 0.3 is 0 Å². The summed E-state index contributed by atoms with van der Waals surface area (Å²) in [5, 5.41) is 2.18. The van der Waals surface area contributed by atoms with E-state index in [1.165, 1.54) is 0 Å². The zero-order valence-electron chi connectivity index (χ0n) is 6.22. The first kappa shape index (κ1) is 9.55. The molecular weight excluding hydrogens is 146 g/mol. The molecule has 0 aromatic rings. The van der Waals surface area contributed by atoms with Crippen LogP contribution in [0.2, 0.25) is 0 Å². The predicted octanol–water partition coefficient (Wildman–Crippen LogP) is -0.206. The first-order chi connectivity index (χ1) is 5.07. The smallest absolute Gasteiger partial charge is 0.231 e. The van der Waals surface area contributed by atoms with Gasteiger partial charge in [0.05, 0.1) is 6.42 Å². The molecular formula is C7H9NO3. The number of carbonyl (C=O) groups is 3. The molecule has 0 heterocycles. The van der Waals surface area contributed by atoms with E-state index in [1.807, 2.05) is 0 Å². The summed E-state index contributed by atoms with van der Waals surface area (Å²) in [5.41, 5.74) is 0. The molecule has 1 amide bonds. The summed E-state index contributed by atoms with van der Waals surface area (Å²) < 4.78 is 0. The van der Waals surface area contributed by atoms with E-state index in [9.17, 15) is 14.4 Å². The Kier molecular flexibility index (Phi) is 3.80. The molecule has 0 saturated heterocycles. The Labute approximate surface area is 64.3 Å². The number of ketones is 2. The second-order valence-corrected chi connectivity index (χ2v) is 1.93. The first-order valence-corrected chi connectivity index (χ1v) is 3.02. The van der Waals surface area contributed by atoms with Crippen molar-refractivity contribution in [1.29, 1.82) is 0 Å². The van der Waals surface area contributed by atoms with Crippen molar-refractivity contribution in [2.24, 2.45) is 0 Å². The van der Waals surface area contributed by atoms with Crippen molar-refractivity contribution in [3.8, 4) is 0 Å². The number of hydrogen-bond donors (Lipinski definition) is 1. The largest absolute Gasteiger partial charge is 0.333 e. The summed E-state index contributed by atoms with van der Waals surface area (Å²) in [4.78, 5) is 31.5. The molecule has 0 atom stereocenters. The Morgan fingerprint density at radius 3 is 2.36 bits per heavy atom. The molecule has 0 radical (unpaired) electrons. The van der Waals surface area contributed by atoms with Gasteiger partial charge < -0.3 is 5.32 Å². The summed E-state index contributed by atoms with van der Waals surface area (Å²) >= 11 is 0. The maximum atomic E-state index is 10.6. The summed E-state index contributed by atoms with van der Waals surface area (Å²) in [7, 11) is 0. The van der Waals surface area contributed by atoms with Gasteiger partial charge in [-0.2, -0.15) is 0 Å². The molecule has 4 heteroatoms. The fourth-order valence-corrected chi connectivity index (χ4v) is 0.435. The van der Waals surface area contributed by atoms with Crippen LogP contribution in [0.1, 0.15) is 13.3 Å². The van der Waals surface area contributed by atoms with Crippen molar-refractivity contribution in [2.45, 2.75) is 13.3 Å². The summed E-state index contributed by atoms with van der Waals surface area (Å²) in [6.07, 6.45) is 0.761. The number of amides is 1. The van der Waals surface area contributed by atoms with E-state index in [0.717, 1.165) is 13.1 Å². The molecule has 0 aliphatic carbocycles. The topological polar surface area (TPSA) is 63.2 Å². The quantitative estimate of drug-likeness (QED) is 0.451. The molecule has 0 aliphatic heterocycles. The lowest BCUT2D eigenvalue weighted by molar-refractivity contribution is -0.138. The number of rotatable bonds is 4. The maximum absolute atomic E-state index is 10.6. The summed E-state index contributed by atoms with van der Waals surface area (Å²) in [5.74, 6) is -1.81. The van der Waals surface area contributed by atoms with Crippen molar-refractivity contribution in [1.82, 2.24) is 5.32 Å². The molecule has 4 nitrogen and oxygen atoms in total. The fourth-order valence-electron chi connectivity index (χ4n) is 0.435. The average molecular weight is 155 g/mol. The van der Waals surface area contributed by atoms with Crippen LogP contribution in [0.4, 0.5) is 0 Å². The van der Waals surface area contributed by atoms with Crippen LogP contribution in [0.3, 0.4) is 0 Å². The van der Waals surface area contributed by atoms with Gasteiger partial charge in [-0.1, -0.05) is 6.58 Å². The van der Waals surface area contributed by atoms with Crippen LogP contribution in [0.15, 0.2) is 12.8 Å². The highest BCUT2D eigenvalue weighted by molar-refractivity contribution is 6.39. The van der Waals surface area contributed by atoms with Gasteiger partial charge in [-0.3, -0.25) is 14.4 Å². The number of carbonyl (C=O) groups excluding carboxylic acids is 3. The molecule has 0 aromatic carbocycles. The standard InChI is InChI=1S/C7H9NO3/c1-3-8-7(11)4-6(10)5(2)9/h3H,1,4H2,2H3,(H,8,11). The van der Waals surface area contributed by atoms with Gasteiger partial charge in [0.25, 0.3) is 0 Å². The SMILES string of the molecule is C=CNC(=O)CC(=O)C(C)=O. The van der Waals surface area contributed by atoms with E-state index in [4.69, 9.17) is 0 Å². The normalized spacial score (nSPS) is 8.45. The van der Waals surface area contributed by atoms with Crippen LogP contribution in [-0.4, -0.2) is 17.5 Å². The van der Waals surface area contributed by atoms with Crippen LogP contribution in [0, 0.1) is 0 Å². The van der Waals surface area contributed by atoms with Crippen molar-refractivity contribution < 1.29 is 14.4 Å². The van der Waals surface area contributed by atoms with Gasteiger partial charge in [0.15, 0.2) is 5.78 Å². The number of Topliss-reactive ketones (excluding diaryl/α,β-unsaturated/α-hetero) is 2. The van der Waals surface area contributed by atoms with Gasteiger partial charge in [0.1, 0.15) is 0 Å². The monoisotopic (exact) mass is 155 g/mol. The van der Waals surface area contributed by atoms with E-state index in [2.05, 4.69) is 11.9 Å². The van der Waals surface area contributed by atoms with Crippen molar-refractivity contribution in [3.05, 3.63) is 12.8 Å². The Bertz CT molecular complexity index is 208. The van der Waals surface area contributed by atoms with Crippen LogP contribution >= 0.6 is 0 Å². The lowest BCUT2D eigenvalue weighted by Crippen LogP contribution is -2.23. The highest BCUT2D eigenvalue weighted by atomic mass is 16.2. The lowest BCUT2D eigenvalue weighted by atomic mass is 10.2. The van der Waals surface area contributed by atoms with Gasteiger partial charge in [-0.15, -0.1) is 0 Å². The van der Waals surface area contributed by atoms with E-state index in [-0.39, 0.29) is 0 Å². The Morgan fingerprint density at radius 2 is 2.00 bits per heavy atom. The second kappa shape index (κ2) is 4.38. The summed E-state index contributed by atoms with van der Waals surface area (Å²) in [6, 6.07) is 0. The number of nitrogens with one attached hydrogen (secondary N) is 1. The van der Waals surface area contributed by atoms with Crippen LogP contribution < -0.4 is 5.32 Å². The van der Waals surface area contributed by atoms with Crippen LogP contribution in [-0.2, 0) is 14.4 Å². The molecule has 0 unspecified atom stereocenters. The molecule has 0 aromatic heterocycles. The zero-order chi connectivity index (χ0) is 8.85. The minimum absolute atomic E-state index is 0.401. The van der Waals surface area contributed by atoms with E-state index >= 15 is 0 Å². The van der Waals surface area contributed by atoms with Gasteiger partial charge in [0.2, 0.25) is 11.7 Å². The van der Waals surface area contributed by atoms with Gasteiger partial charge in [0, 0.05) is 6.92 Å². The Morgan fingerprint density at radius 1 is 1.45 bits per heavy atom. The average Bonchev–Trinajstić information content (AvgIpc) is 1.87. The molecule has 0 rings (SSSR count). The third-order valence-corrected chi connectivity index (χ3v) is 0.977. The zero-order valence-corrected chi connectivity index (χ0v) is 6.22. The van der Waals surface area contributed by atoms with E-state index < -0.39 is 23.9 Å². The van der Waals surface area contributed by atoms with Gasteiger partial charge in [-0.25, -0.2) is 0 Å². The maximum Gasteiger partial charge on any atom is 0.231 e. The molecule has 0 fully saturated rings.